The highest BCUT2D eigenvalue weighted by Gasteiger charge is 2.50. The van der Waals surface area contributed by atoms with E-state index >= 15 is 0 Å². The highest BCUT2D eigenvalue weighted by atomic mass is 16.2. The molecule has 0 unspecified atom stereocenters. The van der Waals surface area contributed by atoms with Crippen LogP contribution < -0.4 is 10.2 Å². The lowest BCUT2D eigenvalue weighted by Crippen LogP contribution is -2.37. The molecule has 0 saturated carbocycles. The molecule has 2 fully saturated rings. The quantitative estimate of drug-likeness (QED) is 0.783. The average Bonchev–Trinajstić information content (AvgIpc) is 3.46. The summed E-state index contributed by atoms with van der Waals surface area (Å²) in [5.74, 6) is 0.613. The Kier molecular flexibility index (Phi) is 5.35. The lowest BCUT2D eigenvalue weighted by atomic mass is 9.77. The van der Waals surface area contributed by atoms with Crippen LogP contribution in [0.1, 0.15) is 39.7 Å². The standard InChI is InChI=1S/C21H26N8O2/c1-14(2)21(13-22)6-9-28(19(21)31)18-4-7-23-20(26-18)25-16-10-24-29(11-16)17-5-8-27(12-17)15(3)30/h4,7,10-11,14,17H,5-6,8-9,12H2,1-3H3,(H,23,25,26)/t17-,21+/m0/s1. The smallest absolute Gasteiger partial charge is 0.248 e. The number of hydrogen-bond donors (Lipinski definition) is 1. The fourth-order valence-corrected chi connectivity index (χ4v) is 4.26. The zero-order valence-electron chi connectivity index (χ0n) is 17.9. The summed E-state index contributed by atoms with van der Waals surface area (Å²) in [6, 6.07) is 4.05. The molecular formula is C21H26N8O2. The van der Waals surface area contributed by atoms with Gasteiger partial charge in [-0.25, -0.2) is 4.98 Å². The van der Waals surface area contributed by atoms with E-state index in [9.17, 15) is 14.9 Å². The summed E-state index contributed by atoms with van der Waals surface area (Å²) >= 11 is 0. The van der Waals surface area contributed by atoms with Crippen LogP contribution in [0.25, 0.3) is 0 Å². The van der Waals surface area contributed by atoms with Gasteiger partial charge >= 0.3 is 0 Å². The number of nitrogens with one attached hydrogen (secondary N) is 1. The third kappa shape index (κ3) is 3.71. The minimum Gasteiger partial charge on any atom is -0.341 e. The van der Waals surface area contributed by atoms with Crippen molar-refractivity contribution in [3.8, 4) is 6.07 Å². The molecule has 162 valence electrons. The van der Waals surface area contributed by atoms with Gasteiger partial charge in [0.15, 0.2) is 0 Å². The van der Waals surface area contributed by atoms with Gasteiger partial charge < -0.3 is 10.2 Å². The first kappa shape index (κ1) is 20.8. The molecule has 0 aromatic carbocycles. The Morgan fingerprint density at radius 1 is 1.39 bits per heavy atom. The molecule has 2 atom stereocenters. The van der Waals surface area contributed by atoms with E-state index in [2.05, 4.69) is 26.5 Å². The van der Waals surface area contributed by atoms with Gasteiger partial charge in [-0.2, -0.15) is 15.3 Å². The highest BCUT2D eigenvalue weighted by Crippen LogP contribution is 2.40. The van der Waals surface area contributed by atoms with Crippen molar-refractivity contribution in [3.63, 3.8) is 0 Å². The molecule has 31 heavy (non-hydrogen) atoms. The molecule has 1 N–H and O–H groups in total. The summed E-state index contributed by atoms with van der Waals surface area (Å²) in [6.45, 7) is 7.21. The van der Waals surface area contributed by atoms with Crippen LogP contribution in [-0.2, 0) is 9.59 Å². The molecule has 0 radical (unpaired) electrons. The van der Waals surface area contributed by atoms with E-state index in [1.807, 2.05) is 29.6 Å². The maximum Gasteiger partial charge on any atom is 0.248 e. The molecule has 10 heteroatoms. The number of anilines is 3. The first-order valence-electron chi connectivity index (χ1n) is 10.5. The number of likely N-dealkylation sites (tertiary alicyclic amines) is 1. The van der Waals surface area contributed by atoms with Crippen molar-refractivity contribution in [2.75, 3.05) is 29.9 Å². The van der Waals surface area contributed by atoms with E-state index in [1.54, 1.807) is 30.3 Å². The second kappa shape index (κ2) is 7.98. The molecule has 2 aromatic rings. The lowest BCUT2D eigenvalue weighted by Gasteiger charge is -2.24. The minimum absolute atomic E-state index is 0.0743. The van der Waals surface area contributed by atoms with Crippen molar-refractivity contribution in [2.24, 2.45) is 11.3 Å². The van der Waals surface area contributed by atoms with Gasteiger partial charge in [-0.15, -0.1) is 0 Å². The first-order chi connectivity index (χ1) is 14.8. The number of nitriles is 1. The minimum atomic E-state index is -1.01. The molecular weight excluding hydrogens is 396 g/mol. The summed E-state index contributed by atoms with van der Waals surface area (Å²) in [6.07, 6.45) is 6.49. The van der Waals surface area contributed by atoms with Gasteiger partial charge in [-0.3, -0.25) is 19.2 Å². The van der Waals surface area contributed by atoms with E-state index in [-0.39, 0.29) is 23.8 Å². The monoisotopic (exact) mass is 422 g/mol. The van der Waals surface area contributed by atoms with Crippen LogP contribution in [0.2, 0.25) is 0 Å². The molecule has 2 aromatic heterocycles. The van der Waals surface area contributed by atoms with Crippen molar-refractivity contribution in [3.05, 3.63) is 24.7 Å². The largest absolute Gasteiger partial charge is 0.341 e. The number of carbonyl (C=O) groups excluding carboxylic acids is 2. The molecule has 2 saturated heterocycles. The van der Waals surface area contributed by atoms with Crippen molar-refractivity contribution in [1.29, 1.82) is 5.26 Å². The lowest BCUT2D eigenvalue weighted by molar-refractivity contribution is -0.128. The maximum atomic E-state index is 13.0. The van der Waals surface area contributed by atoms with Crippen molar-refractivity contribution in [1.82, 2.24) is 24.6 Å². The van der Waals surface area contributed by atoms with Crippen LogP contribution >= 0.6 is 0 Å². The fraction of sp³-hybridized carbons (Fsp3) is 0.524. The summed E-state index contributed by atoms with van der Waals surface area (Å²) in [5, 5.41) is 17.2. The predicted molar refractivity (Wildman–Crippen MR) is 113 cm³/mol. The summed E-state index contributed by atoms with van der Waals surface area (Å²) in [4.78, 5) is 36.6. The SMILES string of the molecule is CC(=O)N1CC[C@H](n2cc(Nc3nccc(N4CC[C@@](C#N)(C(C)C)C4=O)n3)cn2)C1. The maximum absolute atomic E-state index is 13.0. The van der Waals surface area contributed by atoms with Crippen LogP contribution in [0, 0.1) is 22.7 Å². The Labute approximate surface area is 180 Å². The molecule has 2 aliphatic rings. The van der Waals surface area contributed by atoms with Crippen LogP contribution in [0.15, 0.2) is 24.7 Å². The normalized spacial score (nSPS) is 23.5. The molecule has 2 aliphatic heterocycles. The van der Waals surface area contributed by atoms with Crippen LogP contribution in [0.3, 0.4) is 0 Å². The van der Waals surface area contributed by atoms with E-state index in [0.717, 1.165) is 18.7 Å². The highest BCUT2D eigenvalue weighted by molar-refractivity contribution is 6.01. The topological polar surface area (TPSA) is 120 Å². The summed E-state index contributed by atoms with van der Waals surface area (Å²) in [5.41, 5.74) is -0.283. The zero-order chi connectivity index (χ0) is 22.2. The summed E-state index contributed by atoms with van der Waals surface area (Å²) < 4.78 is 1.85. The fourth-order valence-electron chi connectivity index (χ4n) is 4.26. The first-order valence-corrected chi connectivity index (χ1v) is 10.5. The number of aromatic nitrogens is 4. The van der Waals surface area contributed by atoms with E-state index in [1.165, 1.54) is 0 Å². The van der Waals surface area contributed by atoms with E-state index in [4.69, 9.17) is 0 Å². The van der Waals surface area contributed by atoms with Gasteiger partial charge in [0.05, 0.1) is 24.0 Å². The van der Waals surface area contributed by atoms with Gasteiger partial charge in [0, 0.05) is 39.0 Å². The van der Waals surface area contributed by atoms with Gasteiger partial charge in [-0.1, -0.05) is 13.8 Å². The predicted octanol–water partition coefficient (Wildman–Crippen LogP) is 2.11. The van der Waals surface area contributed by atoms with Crippen LogP contribution in [0.5, 0.6) is 0 Å². The second-order valence-electron chi connectivity index (χ2n) is 8.42. The average molecular weight is 422 g/mol. The molecule has 0 spiro atoms. The Morgan fingerprint density at radius 2 is 2.19 bits per heavy atom. The molecule has 10 nitrogen and oxygen atoms in total. The third-order valence-electron chi connectivity index (χ3n) is 6.30. The van der Waals surface area contributed by atoms with Crippen molar-refractivity contribution < 1.29 is 9.59 Å². The van der Waals surface area contributed by atoms with E-state index < -0.39 is 5.41 Å². The molecule has 4 heterocycles. The molecule has 4 rings (SSSR count). The summed E-state index contributed by atoms with van der Waals surface area (Å²) in [7, 11) is 0. The number of hydrogen-bond acceptors (Lipinski definition) is 7. The second-order valence-corrected chi connectivity index (χ2v) is 8.42. The number of carbonyl (C=O) groups is 2. The van der Waals surface area contributed by atoms with Gasteiger partial charge in [0.2, 0.25) is 17.8 Å². The third-order valence-corrected chi connectivity index (χ3v) is 6.30. The van der Waals surface area contributed by atoms with Gasteiger partial charge in [-0.05, 0) is 24.8 Å². The Bertz CT molecular complexity index is 1040. The molecule has 0 bridgehead atoms. The van der Waals surface area contributed by atoms with Crippen molar-refractivity contribution >= 4 is 29.3 Å². The van der Waals surface area contributed by atoms with Crippen molar-refractivity contribution in [2.45, 2.75) is 39.7 Å². The number of rotatable bonds is 5. The number of amides is 2. The Hall–Kier alpha value is -3.48. The number of nitrogens with zero attached hydrogens (tertiary/aromatic N) is 7. The van der Waals surface area contributed by atoms with Crippen LogP contribution in [0.4, 0.5) is 17.5 Å². The Morgan fingerprint density at radius 3 is 2.84 bits per heavy atom. The van der Waals surface area contributed by atoms with E-state index in [0.29, 0.717) is 31.3 Å². The van der Waals surface area contributed by atoms with Gasteiger partial charge in [0.1, 0.15) is 11.2 Å². The Balaban J connectivity index is 1.47. The zero-order valence-corrected chi connectivity index (χ0v) is 17.9. The molecule has 0 aliphatic carbocycles. The van der Waals surface area contributed by atoms with Gasteiger partial charge in [0.25, 0.3) is 0 Å². The molecule has 2 amide bonds. The van der Waals surface area contributed by atoms with Crippen LogP contribution in [-0.4, -0.2) is 56.1 Å².